The van der Waals surface area contributed by atoms with Crippen LogP contribution in [-0.2, 0) is 7.05 Å². The lowest BCUT2D eigenvalue weighted by molar-refractivity contribution is 0.0790. The number of hydrogen-bond donors (Lipinski definition) is 0. The van der Waals surface area contributed by atoms with Crippen LogP contribution < -0.4 is 0 Å². The standard InChI is InChI=1S/C14H17N5O/c1-10-3-5-15-13(17-10)11-4-6-19(9-11)14(20)12-7-16-18(2)8-12/h3,5,7-8,11H,4,6,9H2,1-2H3/t11-/m0/s1. The summed E-state index contributed by atoms with van der Waals surface area (Å²) >= 11 is 0. The second-order valence-electron chi connectivity index (χ2n) is 5.20. The van der Waals surface area contributed by atoms with Crippen molar-refractivity contribution in [2.24, 2.45) is 7.05 Å². The van der Waals surface area contributed by atoms with Crippen LogP contribution in [0.25, 0.3) is 0 Å². The van der Waals surface area contributed by atoms with Gasteiger partial charge in [-0.15, -0.1) is 0 Å². The van der Waals surface area contributed by atoms with Gasteiger partial charge in [-0.05, 0) is 19.4 Å². The van der Waals surface area contributed by atoms with Gasteiger partial charge < -0.3 is 4.90 Å². The molecule has 6 heteroatoms. The number of aromatic nitrogens is 4. The summed E-state index contributed by atoms with van der Waals surface area (Å²) in [5.74, 6) is 1.11. The largest absolute Gasteiger partial charge is 0.338 e. The quantitative estimate of drug-likeness (QED) is 0.822. The first kappa shape index (κ1) is 12.8. The molecule has 1 aliphatic heterocycles. The van der Waals surface area contributed by atoms with Gasteiger partial charge >= 0.3 is 0 Å². The maximum atomic E-state index is 12.3. The average molecular weight is 271 g/mol. The van der Waals surface area contributed by atoms with Crippen molar-refractivity contribution in [1.82, 2.24) is 24.6 Å². The van der Waals surface area contributed by atoms with Gasteiger partial charge in [0.15, 0.2) is 0 Å². The summed E-state index contributed by atoms with van der Waals surface area (Å²) in [5, 5.41) is 4.04. The Kier molecular flexibility index (Phi) is 3.22. The summed E-state index contributed by atoms with van der Waals surface area (Å²) in [4.78, 5) is 23.0. The third kappa shape index (κ3) is 2.41. The molecule has 0 unspecified atom stereocenters. The second kappa shape index (κ2) is 5.03. The van der Waals surface area contributed by atoms with Crippen molar-refractivity contribution >= 4 is 5.91 Å². The third-order valence-electron chi connectivity index (χ3n) is 3.61. The Bertz CT molecular complexity index is 636. The van der Waals surface area contributed by atoms with E-state index in [0.29, 0.717) is 12.1 Å². The van der Waals surface area contributed by atoms with Crippen molar-refractivity contribution in [2.45, 2.75) is 19.3 Å². The molecule has 6 nitrogen and oxygen atoms in total. The van der Waals surface area contributed by atoms with Crippen molar-refractivity contribution in [2.75, 3.05) is 13.1 Å². The van der Waals surface area contributed by atoms with E-state index in [1.165, 1.54) is 0 Å². The summed E-state index contributed by atoms with van der Waals surface area (Å²) in [6.45, 7) is 3.38. The minimum Gasteiger partial charge on any atom is -0.338 e. The van der Waals surface area contributed by atoms with Crippen molar-refractivity contribution < 1.29 is 4.79 Å². The molecule has 0 N–H and O–H groups in total. The molecular weight excluding hydrogens is 254 g/mol. The molecule has 0 aromatic carbocycles. The Morgan fingerprint density at radius 1 is 1.45 bits per heavy atom. The topological polar surface area (TPSA) is 63.9 Å². The van der Waals surface area contributed by atoms with Gasteiger partial charge in [-0.3, -0.25) is 9.48 Å². The first-order chi connectivity index (χ1) is 9.63. The highest BCUT2D eigenvalue weighted by atomic mass is 16.2. The van der Waals surface area contributed by atoms with E-state index in [1.54, 1.807) is 23.3 Å². The van der Waals surface area contributed by atoms with Gasteiger partial charge in [0.05, 0.1) is 11.8 Å². The van der Waals surface area contributed by atoms with Gasteiger partial charge in [-0.2, -0.15) is 5.10 Å². The monoisotopic (exact) mass is 271 g/mol. The highest BCUT2D eigenvalue weighted by Crippen LogP contribution is 2.25. The highest BCUT2D eigenvalue weighted by Gasteiger charge is 2.30. The lowest BCUT2D eigenvalue weighted by Gasteiger charge is -2.15. The first-order valence-electron chi connectivity index (χ1n) is 6.71. The van der Waals surface area contributed by atoms with Crippen LogP contribution in [0.2, 0.25) is 0 Å². The summed E-state index contributed by atoms with van der Waals surface area (Å²) in [6.07, 6.45) is 6.05. The maximum Gasteiger partial charge on any atom is 0.257 e. The highest BCUT2D eigenvalue weighted by molar-refractivity contribution is 5.93. The predicted octanol–water partition coefficient (Wildman–Crippen LogP) is 1.15. The summed E-state index contributed by atoms with van der Waals surface area (Å²) in [6, 6.07) is 1.89. The maximum absolute atomic E-state index is 12.3. The van der Waals surface area contributed by atoms with Crippen LogP contribution in [0.15, 0.2) is 24.7 Å². The number of rotatable bonds is 2. The van der Waals surface area contributed by atoms with Crippen molar-refractivity contribution in [3.8, 4) is 0 Å². The number of hydrogen-bond acceptors (Lipinski definition) is 4. The fourth-order valence-electron chi connectivity index (χ4n) is 2.53. The van der Waals surface area contributed by atoms with Crippen molar-refractivity contribution in [1.29, 1.82) is 0 Å². The minimum atomic E-state index is 0.0354. The van der Waals surface area contributed by atoms with E-state index >= 15 is 0 Å². The van der Waals surface area contributed by atoms with Crippen LogP contribution in [0.5, 0.6) is 0 Å². The SMILES string of the molecule is Cc1ccnc([C@H]2CCN(C(=O)c3cnn(C)c3)C2)n1. The fourth-order valence-corrected chi connectivity index (χ4v) is 2.53. The Morgan fingerprint density at radius 2 is 2.30 bits per heavy atom. The third-order valence-corrected chi connectivity index (χ3v) is 3.61. The number of nitrogens with zero attached hydrogens (tertiary/aromatic N) is 5. The molecule has 104 valence electrons. The van der Waals surface area contributed by atoms with Crippen molar-refractivity contribution in [3.05, 3.63) is 41.7 Å². The Labute approximate surface area is 117 Å². The predicted molar refractivity (Wildman–Crippen MR) is 73.2 cm³/mol. The molecule has 0 bridgehead atoms. The smallest absolute Gasteiger partial charge is 0.257 e. The molecule has 1 fully saturated rings. The molecule has 2 aromatic heterocycles. The van der Waals surface area contributed by atoms with Gasteiger partial charge in [0.25, 0.3) is 5.91 Å². The Hall–Kier alpha value is -2.24. The molecule has 2 aromatic rings. The Balaban J connectivity index is 1.72. The number of carbonyl (C=O) groups excluding carboxylic acids is 1. The first-order valence-corrected chi connectivity index (χ1v) is 6.71. The molecular formula is C14H17N5O. The molecule has 0 spiro atoms. The molecule has 0 radical (unpaired) electrons. The van der Waals surface area contributed by atoms with Crippen LogP contribution in [-0.4, -0.2) is 43.6 Å². The van der Waals surface area contributed by atoms with E-state index in [4.69, 9.17) is 0 Å². The van der Waals surface area contributed by atoms with Crippen LogP contribution in [0.3, 0.4) is 0 Å². The van der Waals surface area contributed by atoms with Gasteiger partial charge in [0.2, 0.25) is 0 Å². The van der Waals surface area contributed by atoms with Gasteiger partial charge in [-0.1, -0.05) is 0 Å². The summed E-state index contributed by atoms with van der Waals surface area (Å²) in [5.41, 5.74) is 1.60. The molecule has 0 saturated carbocycles. The molecule has 1 atom stereocenters. The molecule has 1 saturated heterocycles. The summed E-state index contributed by atoms with van der Waals surface area (Å²) in [7, 11) is 1.81. The minimum absolute atomic E-state index is 0.0354. The zero-order valence-corrected chi connectivity index (χ0v) is 11.7. The normalized spacial score (nSPS) is 18.5. The molecule has 0 aliphatic carbocycles. The van der Waals surface area contributed by atoms with Crippen LogP contribution >= 0.6 is 0 Å². The molecule has 20 heavy (non-hydrogen) atoms. The van der Waals surface area contributed by atoms with E-state index in [1.807, 2.05) is 24.9 Å². The Morgan fingerprint density at radius 3 is 3.00 bits per heavy atom. The van der Waals surface area contributed by atoms with Gasteiger partial charge in [-0.25, -0.2) is 9.97 Å². The summed E-state index contributed by atoms with van der Waals surface area (Å²) < 4.78 is 1.64. The van der Waals surface area contributed by atoms with E-state index in [0.717, 1.165) is 24.5 Å². The van der Waals surface area contributed by atoms with Crippen LogP contribution in [0, 0.1) is 6.92 Å². The van der Waals surface area contributed by atoms with E-state index < -0.39 is 0 Å². The van der Waals surface area contributed by atoms with Crippen molar-refractivity contribution in [3.63, 3.8) is 0 Å². The van der Waals surface area contributed by atoms with Crippen LogP contribution in [0.1, 0.15) is 34.2 Å². The molecule has 3 rings (SSSR count). The molecule has 1 aliphatic rings. The number of amides is 1. The molecule has 3 heterocycles. The van der Waals surface area contributed by atoms with Gasteiger partial charge in [0.1, 0.15) is 5.82 Å². The molecule has 1 amide bonds. The van der Waals surface area contributed by atoms with Crippen LogP contribution in [0.4, 0.5) is 0 Å². The lowest BCUT2D eigenvalue weighted by Crippen LogP contribution is -2.28. The number of carbonyl (C=O) groups is 1. The van der Waals surface area contributed by atoms with E-state index in [-0.39, 0.29) is 11.8 Å². The zero-order chi connectivity index (χ0) is 14.1. The zero-order valence-electron chi connectivity index (χ0n) is 11.7. The fraction of sp³-hybridized carbons (Fsp3) is 0.429. The van der Waals surface area contributed by atoms with E-state index in [2.05, 4.69) is 15.1 Å². The average Bonchev–Trinajstić information content (AvgIpc) is 3.07. The lowest BCUT2D eigenvalue weighted by atomic mass is 10.1. The number of likely N-dealkylation sites (tertiary alicyclic amines) is 1. The second-order valence-corrected chi connectivity index (χ2v) is 5.20. The number of aryl methyl sites for hydroxylation is 2. The van der Waals surface area contributed by atoms with E-state index in [9.17, 15) is 4.79 Å². The van der Waals surface area contributed by atoms with Gasteiger partial charge in [0, 0.05) is 44.1 Å².